The number of ether oxygens (including phenoxy) is 2. The van der Waals surface area contributed by atoms with Gasteiger partial charge in [-0.05, 0) is 18.4 Å². The predicted octanol–water partition coefficient (Wildman–Crippen LogP) is 2.17. The minimum Gasteiger partial charge on any atom is -0.347 e. The van der Waals surface area contributed by atoms with Crippen molar-refractivity contribution in [3.8, 4) is 0 Å². The predicted molar refractivity (Wildman–Crippen MR) is 78.7 cm³/mol. The molecule has 1 heterocycles. The van der Waals surface area contributed by atoms with Crippen molar-refractivity contribution in [2.75, 3.05) is 13.2 Å². The maximum Gasteiger partial charge on any atom is 0.315 e. The quantitative estimate of drug-likeness (QED) is 0.893. The first kappa shape index (κ1) is 14.4. The van der Waals surface area contributed by atoms with E-state index in [1.165, 1.54) is 0 Å². The molecule has 0 bridgehead atoms. The van der Waals surface area contributed by atoms with Gasteiger partial charge in [-0.15, -0.1) is 0 Å². The van der Waals surface area contributed by atoms with Gasteiger partial charge in [-0.2, -0.15) is 0 Å². The van der Waals surface area contributed by atoms with Gasteiger partial charge in [0, 0.05) is 25.9 Å². The van der Waals surface area contributed by atoms with Crippen molar-refractivity contribution in [3.05, 3.63) is 35.9 Å². The Morgan fingerprint density at radius 3 is 2.71 bits per heavy atom. The Morgan fingerprint density at radius 1 is 1.19 bits per heavy atom. The van der Waals surface area contributed by atoms with Crippen LogP contribution in [0.1, 0.15) is 31.2 Å². The molecule has 114 valence electrons. The lowest BCUT2D eigenvalue weighted by atomic mass is 10.2. The summed E-state index contributed by atoms with van der Waals surface area (Å²) in [5.41, 5.74) is 1.08. The lowest BCUT2D eigenvalue weighted by Crippen LogP contribution is -2.40. The van der Waals surface area contributed by atoms with Crippen LogP contribution in [0.3, 0.4) is 0 Å². The lowest BCUT2D eigenvalue weighted by molar-refractivity contribution is -0.160. The second-order valence-electron chi connectivity index (χ2n) is 5.72. The molecule has 1 aliphatic heterocycles. The van der Waals surface area contributed by atoms with Gasteiger partial charge in [0.05, 0.1) is 6.61 Å². The summed E-state index contributed by atoms with van der Waals surface area (Å²) >= 11 is 0. The molecule has 1 saturated heterocycles. The van der Waals surface area contributed by atoms with Crippen LogP contribution < -0.4 is 10.6 Å². The molecule has 5 heteroatoms. The van der Waals surface area contributed by atoms with E-state index in [1.807, 2.05) is 30.3 Å². The van der Waals surface area contributed by atoms with Gasteiger partial charge in [0.15, 0.2) is 5.79 Å². The lowest BCUT2D eigenvalue weighted by Gasteiger charge is -2.21. The smallest absolute Gasteiger partial charge is 0.315 e. The first-order valence-corrected chi connectivity index (χ1v) is 7.63. The molecule has 1 atom stereocenters. The van der Waals surface area contributed by atoms with Crippen LogP contribution in [0.5, 0.6) is 0 Å². The van der Waals surface area contributed by atoms with Crippen LogP contribution in [0.15, 0.2) is 30.3 Å². The first-order valence-electron chi connectivity index (χ1n) is 7.63. The normalized spacial score (nSPS) is 23.3. The van der Waals surface area contributed by atoms with E-state index in [4.69, 9.17) is 9.47 Å². The van der Waals surface area contributed by atoms with Gasteiger partial charge in [-0.1, -0.05) is 30.3 Å². The van der Waals surface area contributed by atoms with E-state index in [1.54, 1.807) is 0 Å². The molecule has 0 radical (unpaired) electrons. The Bertz CT molecular complexity index is 472. The number of nitrogens with one attached hydrogen (secondary N) is 2. The average Bonchev–Trinajstić information content (AvgIpc) is 3.14. The van der Waals surface area contributed by atoms with E-state index in [0.29, 0.717) is 19.7 Å². The zero-order chi connectivity index (χ0) is 14.5. The van der Waals surface area contributed by atoms with Gasteiger partial charge in [-0.25, -0.2) is 4.79 Å². The zero-order valence-corrected chi connectivity index (χ0v) is 12.1. The third-order valence-electron chi connectivity index (χ3n) is 4.07. The summed E-state index contributed by atoms with van der Waals surface area (Å²) in [6.45, 7) is 1.58. The van der Waals surface area contributed by atoms with Crippen molar-refractivity contribution in [1.29, 1.82) is 0 Å². The van der Waals surface area contributed by atoms with E-state index in [2.05, 4.69) is 10.6 Å². The summed E-state index contributed by atoms with van der Waals surface area (Å²) < 4.78 is 11.7. The standard InChI is InChI=1S/C16H22N2O3/c19-15(17-10-13-6-2-1-3-7-13)18-11-14-12-20-16(21-14)8-4-5-9-16/h1-3,6-7,14H,4-5,8-12H2,(H2,17,18,19). The summed E-state index contributed by atoms with van der Waals surface area (Å²) in [6.07, 6.45) is 4.24. The highest BCUT2D eigenvalue weighted by Gasteiger charge is 2.43. The third kappa shape index (κ3) is 3.74. The zero-order valence-electron chi connectivity index (χ0n) is 12.1. The minimum absolute atomic E-state index is 0.0365. The molecule has 2 amide bonds. The monoisotopic (exact) mass is 290 g/mol. The molecular weight excluding hydrogens is 268 g/mol. The highest BCUT2D eigenvalue weighted by atomic mass is 16.7. The van der Waals surface area contributed by atoms with Gasteiger partial charge < -0.3 is 20.1 Å². The minimum atomic E-state index is -0.354. The maximum atomic E-state index is 11.8. The first-order chi connectivity index (χ1) is 10.3. The Labute approximate surface area is 125 Å². The second-order valence-corrected chi connectivity index (χ2v) is 5.72. The van der Waals surface area contributed by atoms with Gasteiger partial charge in [0.2, 0.25) is 0 Å². The van der Waals surface area contributed by atoms with Gasteiger partial charge in [0.25, 0.3) is 0 Å². The Kier molecular flexibility index (Phi) is 4.41. The Morgan fingerprint density at radius 2 is 1.95 bits per heavy atom. The molecule has 21 heavy (non-hydrogen) atoms. The second kappa shape index (κ2) is 6.45. The van der Waals surface area contributed by atoms with Crippen molar-refractivity contribution in [1.82, 2.24) is 10.6 Å². The van der Waals surface area contributed by atoms with Crippen LogP contribution in [-0.4, -0.2) is 31.1 Å². The van der Waals surface area contributed by atoms with Crippen LogP contribution in [0.4, 0.5) is 4.79 Å². The van der Waals surface area contributed by atoms with Crippen molar-refractivity contribution in [3.63, 3.8) is 0 Å². The van der Waals surface area contributed by atoms with Crippen LogP contribution in [0.2, 0.25) is 0 Å². The molecule has 1 aromatic rings. The van der Waals surface area contributed by atoms with Crippen molar-refractivity contribution >= 4 is 6.03 Å². The number of hydrogen-bond donors (Lipinski definition) is 2. The van der Waals surface area contributed by atoms with Crippen molar-refractivity contribution < 1.29 is 14.3 Å². The fourth-order valence-electron chi connectivity index (χ4n) is 2.94. The molecule has 0 aromatic heterocycles. The summed E-state index contributed by atoms with van der Waals surface area (Å²) in [5.74, 6) is -0.354. The topological polar surface area (TPSA) is 59.6 Å². The van der Waals surface area contributed by atoms with Crippen LogP contribution in [0, 0.1) is 0 Å². The van der Waals surface area contributed by atoms with Crippen molar-refractivity contribution in [2.24, 2.45) is 0 Å². The van der Waals surface area contributed by atoms with E-state index < -0.39 is 0 Å². The number of benzene rings is 1. The average molecular weight is 290 g/mol. The maximum absolute atomic E-state index is 11.8. The Hall–Kier alpha value is -1.59. The van der Waals surface area contributed by atoms with E-state index in [0.717, 1.165) is 31.2 Å². The van der Waals surface area contributed by atoms with Crippen LogP contribution in [-0.2, 0) is 16.0 Å². The number of hydrogen-bond acceptors (Lipinski definition) is 3. The Balaban J connectivity index is 1.36. The third-order valence-corrected chi connectivity index (χ3v) is 4.07. The summed E-state index contributed by atoms with van der Waals surface area (Å²) in [7, 11) is 0. The molecule has 3 rings (SSSR count). The van der Waals surface area contributed by atoms with E-state index in [-0.39, 0.29) is 17.9 Å². The summed E-state index contributed by atoms with van der Waals surface area (Å²) in [6, 6.07) is 9.67. The molecule has 2 N–H and O–H groups in total. The molecule has 1 aliphatic carbocycles. The molecule has 1 saturated carbocycles. The van der Waals surface area contributed by atoms with Crippen molar-refractivity contribution in [2.45, 2.75) is 44.1 Å². The van der Waals surface area contributed by atoms with E-state index in [9.17, 15) is 4.79 Å². The van der Waals surface area contributed by atoms with Gasteiger partial charge in [0.1, 0.15) is 6.10 Å². The highest BCUT2D eigenvalue weighted by Crippen LogP contribution is 2.38. The molecule has 5 nitrogen and oxygen atoms in total. The SMILES string of the molecule is O=C(NCc1ccccc1)NCC1COC2(CCCC2)O1. The number of carbonyl (C=O) groups is 1. The summed E-state index contributed by atoms with van der Waals surface area (Å²) in [4.78, 5) is 11.8. The molecule has 1 unspecified atom stereocenters. The molecule has 2 fully saturated rings. The fourth-order valence-corrected chi connectivity index (χ4v) is 2.94. The largest absolute Gasteiger partial charge is 0.347 e. The number of amides is 2. The van der Waals surface area contributed by atoms with Gasteiger partial charge in [-0.3, -0.25) is 0 Å². The van der Waals surface area contributed by atoms with E-state index >= 15 is 0 Å². The summed E-state index contributed by atoms with van der Waals surface area (Å²) in [5, 5.41) is 5.68. The number of carbonyl (C=O) groups excluding carboxylic acids is 1. The number of rotatable bonds is 4. The van der Waals surface area contributed by atoms with Crippen LogP contribution >= 0.6 is 0 Å². The highest BCUT2D eigenvalue weighted by molar-refractivity contribution is 5.73. The molecular formula is C16H22N2O3. The molecule has 1 spiro atoms. The van der Waals surface area contributed by atoms with Gasteiger partial charge >= 0.3 is 6.03 Å². The fraction of sp³-hybridized carbons (Fsp3) is 0.562. The van der Waals surface area contributed by atoms with Crippen LogP contribution in [0.25, 0.3) is 0 Å². The molecule has 1 aromatic carbocycles. The number of urea groups is 1. The molecule has 2 aliphatic rings.